The van der Waals surface area contributed by atoms with Gasteiger partial charge in [0.05, 0.1) is 12.7 Å². The molecule has 21 heavy (non-hydrogen) atoms. The number of aliphatic imine (C=N–C) groups is 1. The third-order valence-electron chi connectivity index (χ3n) is 2.62. The number of alkyl halides is 3. The number of sulfonamides is 1. The highest BCUT2D eigenvalue weighted by atomic mass is 32.2. The second-order valence-electron chi connectivity index (χ2n) is 4.40. The lowest BCUT2D eigenvalue weighted by Gasteiger charge is -2.18. The molecule has 2 N–H and O–H groups in total. The maximum atomic E-state index is 12.0. The maximum absolute atomic E-state index is 12.0. The lowest BCUT2D eigenvalue weighted by atomic mass is 10.4. The Morgan fingerprint density at radius 3 is 2.24 bits per heavy atom. The van der Waals surface area contributed by atoms with Crippen LogP contribution < -0.4 is 10.6 Å². The first-order valence-electron chi connectivity index (χ1n) is 6.56. The van der Waals surface area contributed by atoms with Crippen molar-refractivity contribution in [3.8, 4) is 0 Å². The molecule has 0 aromatic carbocycles. The van der Waals surface area contributed by atoms with Crippen LogP contribution in [-0.2, 0) is 10.0 Å². The number of halogens is 3. The molecule has 0 aliphatic rings. The predicted molar refractivity (Wildman–Crippen MR) is 76.7 cm³/mol. The van der Waals surface area contributed by atoms with Crippen LogP contribution in [0.1, 0.15) is 19.8 Å². The second kappa shape index (κ2) is 9.08. The highest BCUT2D eigenvalue weighted by molar-refractivity contribution is 7.88. The molecule has 0 aromatic heterocycles. The van der Waals surface area contributed by atoms with Gasteiger partial charge in [-0.3, -0.25) is 4.99 Å². The zero-order valence-corrected chi connectivity index (χ0v) is 13.3. The molecule has 0 amide bonds. The van der Waals surface area contributed by atoms with Gasteiger partial charge >= 0.3 is 6.18 Å². The molecule has 0 aromatic rings. The number of hydrogen-bond donors (Lipinski definition) is 2. The van der Waals surface area contributed by atoms with Crippen LogP contribution in [0.2, 0.25) is 0 Å². The standard InChI is InChI=1S/C11H23F3N4O2S/c1-4-18(21(3,19)20)9-5-7-16-10(15-2)17-8-6-11(12,13)14/h4-9H2,1-3H3,(H2,15,16,17). The first kappa shape index (κ1) is 20.0. The molecule has 0 saturated carbocycles. The molecule has 0 bridgehead atoms. The zero-order valence-electron chi connectivity index (χ0n) is 12.5. The molecule has 0 unspecified atom stereocenters. The summed E-state index contributed by atoms with van der Waals surface area (Å²) in [5.74, 6) is 0.265. The molecule has 0 fully saturated rings. The molecular formula is C11H23F3N4O2S. The van der Waals surface area contributed by atoms with Gasteiger partial charge in [-0.25, -0.2) is 12.7 Å². The van der Waals surface area contributed by atoms with E-state index in [1.165, 1.54) is 11.4 Å². The zero-order chi connectivity index (χ0) is 16.5. The number of nitrogens with zero attached hydrogens (tertiary/aromatic N) is 2. The summed E-state index contributed by atoms with van der Waals surface area (Å²) in [5.41, 5.74) is 0. The second-order valence-corrected chi connectivity index (χ2v) is 6.38. The van der Waals surface area contributed by atoms with Gasteiger partial charge in [-0.2, -0.15) is 13.2 Å². The van der Waals surface area contributed by atoms with Crippen molar-refractivity contribution < 1.29 is 21.6 Å². The van der Waals surface area contributed by atoms with Crippen LogP contribution in [0.15, 0.2) is 4.99 Å². The maximum Gasteiger partial charge on any atom is 0.390 e. The average Bonchev–Trinajstić information content (AvgIpc) is 2.33. The van der Waals surface area contributed by atoms with Crippen molar-refractivity contribution in [3.05, 3.63) is 0 Å². The van der Waals surface area contributed by atoms with E-state index < -0.39 is 22.6 Å². The topological polar surface area (TPSA) is 73.8 Å². The minimum absolute atomic E-state index is 0.256. The van der Waals surface area contributed by atoms with Crippen LogP contribution in [0.5, 0.6) is 0 Å². The first-order valence-corrected chi connectivity index (χ1v) is 8.41. The molecule has 6 nitrogen and oxygen atoms in total. The van der Waals surface area contributed by atoms with Crippen LogP contribution in [-0.4, -0.2) is 64.3 Å². The van der Waals surface area contributed by atoms with Gasteiger partial charge in [-0.1, -0.05) is 6.92 Å². The quantitative estimate of drug-likeness (QED) is 0.391. The third-order valence-corrected chi connectivity index (χ3v) is 4.00. The molecule has 0 aliphatic heterocycles. The Morgan fingerprint density at radius 1 is 1.24 bits per heavy atom. The van der Waals surface area contributed by atoms with E-state index in [9.17, 15) is 21.6 Å². The minimum atomic E-state index is -4.21. The average molecular weight is 332 g/mol. The number of nitrogens with one attached hydrogen (secondary N) is 2. The van der Waals surface area contributed by atoms with Gasteiger partial charge in [-0.05, 0) is 6.42 Å². The van der Waals surface area contributed by atoms with E-state index >= 15 is 0 Å². The van der Waals surface area contributed by atoms with Crippen LogP contribution in [0.3, 0.4) is 0 Å². The van der Waals surface area contributed by atoms with Gasteiger partial charge in [0.15, 0.2) is 5.96 Å². The highest BCUT2D eigenvalue weighted by Crippen LogP contribution is 2.17. The molecule has 0 radical (unpaired) electrons. The number of rotatable bonds is 8. The molecule has 0 atom stereocenters. The van der Waals surface area contributed by atoms with Gasteiger partial charge in [0.25, 0.3) is 0 Å². The highest BCUT2D eigenvalue weighted by Gasteiger charge is 2.26. The van der Waals surface area contributed by atoms with Crippen molar-refractivity contribution in [3.63, 3.8) is 0 Å². The Hall–Kier alpha value is -1.03. The van der Waals surface area contributed by atoms with Crippen LogP contribution in [0.25, 0.3) is 0 Å². The molecule has 0 aliphatic carbocycles. The van der Waals surface area contributed by atoms with E-state index in [1.54, 1.807) is 6.92 Å². The number of guanidine groups is 1. The van der Waals surface area contributed by atoms with Crippen LogP contribution in [0, 0.1) is 0 Å². The van der Waals surface area contributed by atoms with E-state index in [4.69, 9.17) is 0 Å². The largest absolute Gasteiger partial charge is 0.390 e. The Balaban J connectivity index is 3.98. The van der Waals surface area contributed by atoms with Crippen molar-refractivity contribution in [2.45, 2.75) is 25.9 Å². The van der Waals surface area contributed by atoms with Crippen molar-refractivity contribution in [2.75, 3.05) is 39.5 Å². The molecule has 10 heteroatoms. The van der Waals surface area contributed by atoms with E-state index in [0.717, 1.165) is 6.26 Å². The van der Waals surface area contributed by atoms with Crippen LogP contribution in [0.4, 0.5) is 13.2 Å². The molecule has 0 saturated heterocycles. The summed E-state index contributed by atoms with van der Waals surface area (Å²) in [4.78, 5) is 3.79. The Labute approximate surface area is 123 Å². The lowest BCUT2D eigenvalue weighted by molar-refractivity contribution is -0.132. The predicted octanol–water partition coefficient (Wildman–Crippen LogP) is 0.775. The first-order chi connectivity index (χ1) is 9.60. The van der Waals surface area contributed by atoms with Crippen molar-refractivity contribution in [1.29, 1.82) is 0 Å². The molecule has 0 rings (SSSR count). The summed E-state index contributed by atoms with van der Waals surface area (Å²) >= 11 is 0. The molecular weight excluding hydrogens is 309 g/mol. The minimum Gasteiger partial charge on any atom is -0.356 e. The Kier molecular flexibility index (Phi) is 8.64. The molecule has 0 spiro atoms. The van der Waals surface area contributed by atoms with E-state index in [2.05, 4.69) is 15.6 Å². The van der Waals surface area contributed by atoms with Gasteiger partial charge in [0.2, 0.25) is 10.0 Å². The SMILES string of the molecule is CCN(CCCNC(=NC)NCCC(F)(F)F)S(C)(=O)=O. The molecule has 0 heterocycles. The Bertz CT molecular complexity index is 424. The van der Waals surface area contributed by atoms with Crippen LogP contribution >= 0.6 is 0 Å². The van der Waals surface area contributed by atoms with Crippen molar-refractivity contribution in [1.82, 2.24) is 14.9 Å². The summed E-state index contributed by atoms with van der Waals surface area (Å²) in [6.07, 6.45) is -3.48. The van der Waals surface area contributed by atoms with E-state index in [-0.39, 0.29) is 12.5 Å². The van der Waals surface area contributed by atoms with Gasteiger partial charge in [0.1, 0.15) is 0 Å². The lowest BCUT2D eigenvalue weighted by Crippen LogP contribution is -2.40. The van der Waals surface area contributed by atoms with E-state index in [1.807, 2.05) is 0 Å². The monoisotopic (exact) mass is 332 g/mol. The fraction of sp³-hybridized carbons (Fsp3) is 0.909. The van der Waals surface area contributed by atoms with Gasteiger partial charge in [-0.15, -0.1) is 0 Å². The third kappa shape index (κ3) is 10.4. The smallest absolute Gasteiger partial charge is 0.356 e. The van der Waals surface area contributed by atoms with Crippen molar-refractivity contribution >= 4 is 16.0 Å². The van der Waals surface area contributed by atoms with Gasteiger partial charge in [0, 0.05) is 33.2 Å². The summed E-state index contributed by atoms with van der Waals surface area (Å²) < 4.78 is 60.0. The summed E-state index contributed by atoms with van der Waals surface area (Å²) in [5, 5.41) is 5.38. The fourth-order valence-electron chi connectivity index (χ4n) is 1.56. The summed E-state index contributed by atoms with van der Waals surface area (Å²) in [6.45, 7) is 2.64. The Morgan fingerprint density at radius 2 is 1.81 bits per heavy atom. The fourth-order valence-corrected chi connectivity index (χ4v) is 2.49. The number of hydrogen-bond acceptors (Lipinski definition) is 3. The summed E-state index contributed by atoms with van der Waals surface area (Å²) in [6, 6.07) is 0. The summed E-state index contributed by atoms with van der Waals surface area (Å²) in [7, 11) is -1.76. The molecule has 126 valence electrons. The normalized spacial score (nSPS) is 13.6. The van der Waals surface area contributed by atoms with Gasteiger partial charge < -0.3 is 10.6 Å². The van der Waals surface area contributed by atoms with E-state index in [0.29, 0.717) is 26.1 Å². The van der Waals surface area contributed by atoms with Crippen molar-refractivity contribution in [2.24, 2.45) is 4.99 Å².